The van der Waals surface area contributed by atoms with Gasteiger partial charge in [-0.05, 0) is 42.7 Å². The normalized spacial score (nSPS) is 16.7. The summed E-state index contributed by atoms with van der Waals surface area (Å²) in [4.78, 5) is 28.0. The number of likely N-dealkylation sites (tertiary alicyclic amines) is 1. The minimum Gasteiger partial charge on any atom is -0.336 e. The van der Waals surface area contributed by atoms with Crippen LogP contribution in [0.25, 0.3) is 0 Å². The Balaban J connectivity index is 1.32. The summed E-state index contributed by atoms with van der Waals surface area (Å²) in [6, 6.07) is 14.1. The van der Waals surface area contributed by atoms with Crippen molar-refractivity contribution in [2.24, 2.45) is 5.92 Å². The van der Waals surface area contributed by atoms with Crippen LogP contribution in [0.2, 0.25) is 0 Å². The quantitative estimate of drug-likeness (QED) is 0.559. The molecule has 7 heteroatoms. The van der Waals surface area contributed by atoms with E-state index in [-0.39, 0.29) is 17.6 Å². The van der Waals surface area contributed by atoms with E-state index in [2.05, 4.69) is 22.4 Å². The standard InChI is InChI=1S/C22H24N4O2S/c27-21(20-11-6-14-29-20)18-10-5-12-25(15-18)22(28)19-16-26(24-23-19)13-4-9-17-7-2-1-3-8-17/h1-3,6-8,11,14,16,18H,4-5,9-10,12-13,15H2. The molecule has 150 valence electrons. The highest BCUT2D eigenvalue weighted by molar-refractivity contribution is 7.12. The second kappa shape index (κ2) is 9.13. The molecule has 0 radical (unpaired) electrons. The van der Waals surface area contributed by atoms with Crippen molar-refractivity contribution >= 4 is 23.0 Å². The number of hydrogen-bond donors (Lipinski definition) is 0. The molecule has 4 rings (SSSR count). The van der Waals surface area contributed by atoms with Crippen LogP contribution in [0, 0.1) is 5.92 Å². The minimum atomic E-state index is -0.136. The SMILES string of the molecule is O=C(c1cccs1)C1CCCN(C(=O)c2cn(CCCc3ccccc3)nn2)C1. The molecular formula is C22H24N4O2S. The maximum Gasteiger partial charge on any atom is 0.276 e. The highest BCUT2D eigenvalue weighted by Gasteiger charge is 2.30. The molecule has 0 saturated carbocycles. The van der Waals surface area contributed by atoms with Gasteiger partial charge in [-0.1, -0.05) is 41.6 Å². The molecule has 3 heterocycles. The van der Waals surface area contributed by atoms with Crippen LogP contribution in [0.5, 0.6) is 0 Å². The van der Waals surface area contributed by atoms with E-state index < -0.39 is 0 Å². The number of aryl methyl sites for hydroxylation is 2. The van der Waals surface area contributed by atoms with Crippen molar-refractivity contribution in [1.82, 2.24) is 19.9 Å². The molecule has 0 N–H and O–H groups in total. The van der Waals surface area contributed by atoms with E-state index in [0.29, 0.717) is 25.3 Å². The van der Waals surface area contributed by atoms with Crippen molar-refractivity contribution in [2.45, 2.75) is 32.2 Å². The van der Waals surface area contributed by atoms with Gasteiger partial charge in [0.1, 0.15) is 0 Å². The van der Waals surface area contributed by atoms with Gasteiger partial charge in [0.05, 0.1) is 11.1 Å². The van der Waals surface area contributed by atoms with E-state index in [1.165, 1.54) is 16.9 Å². The molecular weight excluding hydrogens is 384 g/mol. The molecule has 29 heavy (non-hydrogen) atoms. The Hall–Kier alpha value is -2.80. The molecule has 1 atom stereocenters. The second-order valence-electron chi connectivity index (χ2n) is 7.39. The van der Waals surface area contributed by atoms with Gasteiger partial charge in [-0.2, -0.15) is 0 Å². The number of hydrogen-bond acceptors (Lipinski definition) is 5. The molecule has 1 fully saturated rings. The first-order chi connectivity index (χ1) is 14.2. The molecule has 1 aliphatic rings. The third-order valence-corrected chi connectivity index (χ3v) is 6.18. The molecule has 1 unspecified atom stereocenters. The number of piperidine rings is 1. The van der Waals surface area contributed by atoms with E-state index in [1.54, 1.807) is 15.8 Å². The molecule has 6 nitrogen and oxygen atoms in total. The van der Waals surface area contributed by atoms with Crippen LogP contribution in [0.15, 0.2) is 54.0 Å². The zero-order valence-corrected chi connectivity index (χ0v) is 17.1. The number of carbonyl (C=O) groups excluding carboxylic acids is 2. The number of carbonyl (C=O) groups is 2. The topological polar surface area (TPSA) is 68.1 Å². The summed E-state index contributed by atoms with van der Waals surface area (Å²) in [6.07, 6.45) is 5.27. The average Bonchev–Trinajstić information content (AvgIpc) is 3.46. The molecule has 3 aromatic rings. The number of aromatic nitrogens is 3. The predicted molar refractivity (Wildman–Crippen MR) is 112 cm³/mol. The fourth-order valence-corrected chi connectivity index (χ4v) is 4.50. The lowest BCUT2D eigenvalue weighted by atomic mass is 9.93. The molecule has 0 bridgehead atoms. The largest absolute Gasteiger partial charge is 0.336 e. The molecule has 1 aliphatic heterocycles. The van der Waals surface area contributed by atoms with E-state index in [1.807, 2.05) is 35.7 Å². The summed E-state index contributed by atoms with van der Waals surface area (Å²) >= 11 is 1.46. The van der Waals surface area contributed by atoms with Crippen LogP contribution in [0.4, 0.5) is 0 Å². The fourth-order valence-electron chi connectivity index (χ4n) is 3.75. The Bertz CT molecular complexity index is 952. The number of nitrogens with zero attached hydrogens (tertiary/aromatic N) is 4. The zero-order valence-electron chi connectivity index (χ0n) is 16.2. The maximum absolute atomic E-state index is 12.9. The van der Waals surface area contributed by atoms with E-state index in [4.69, 9.17) is 0 Å². The Morgan fingerprint density at radius 1 is 1.14 bits per heavy atom. The van der Waals surface area contributed by atoms with Crippen molar-refractivity contribution in [3.8, 4) is 0 Å². The van der Waals surface area contributed by atoms with E-state index in [0.717, 1.165) is 30.6 Å². The maximum atomic E-state index is 12.9. The van der Waals surface area contributed by atoms with Gasteiger partial charge in [0.25, 0.3) is 5.91 Å². The highest BCUT2D eigenvalue weighted by atomic mass is 32.1. The number of amides is 1. The van der Waals surface area contributed by atoms with E-state index in [9.17, 15) is 9.59 Å². The minimum absolute atomic E-state index is 0.132. The predicted octanol–water partition coefficient (Wildman–Crippen LogP) is 3.71. The molecule has 1 aromatic carbocycles. The lowest BCUT2D eigenvalue weighted by molar-refractivity contribution is 0.0633. The molecule has 2 aromatic heterocycles. The average molecular weight is 409 g/mol. The molecule has 0 aliphatic carbocycles. The summed E-state index contributed by atoms with van der Waals surface area (Å²) in [5.41, 5.74) is 1.65. The number of ketones is 1. The molecule has 0 spiro atoms. The van der Waals surface area contributed by atoms with Crippen molar-refractivity contribution in [3.63, 3.8) is 0 Å². The zero-order chi connectivity index (χ0) is 20.1. The summed E-state index contributed by atoms with van der Waals surface area (Å²) in [6.45, 7) is 1.83. The second-order valence-corrected chi connectivity index (χ2v) is 8.34. The van der Waals surface area contributed by atoms with Gasteiger partial charge in [0.2, 0.25) is 0 Å². The van der Waals surface area contributed by atoms with Gasteiger partial charge in [-0.25, -0.2) is 0 Å². The summed E-state index contributed by atoms with van der Waals surface area (Å²) in [5.74, 6) is -0.127. The molecule has 1 saturated heterocycles. The van der Waals surface area contributed by atoms with Crippen LogP contribution in [0.1, 0.15) is 45.0 Å². The molecule has 1 amide bonds. The van der Waals surface area contributed by atoms with Crippen molar-refractivity contribution in [2.75, 3.05) is 13.1 Å². The lowest BCUT2D eigenvalue weighted by Crippen LogP contribution is -2.42. The van der Waals surface area contributed by atoms with Gasteiger partial charge < -0.3 is 4.90 Å². The van der Waals surface area contributed by atoms with E-state index >= 15 is 0 Å². The Morgan fingerprint density at radius 2 is 2.00 bits per heavy atom. The van der Waals surface area contributed by atoms with Gasteiger partial charge in [0, 0.05) is 25.6 Å². The lowest BCUT2D eigenvalue weighted by Gasteiger charge is -2.31. The number of rotatable bonds is 7. The monoisotopic (exact) mass is 408 g/mol. The number of benzene rings is 1. The van der Waals surface area contributed by atoms with Gasteiger partial charge in [-0.3, -0.25) is 14.3 Å². The Kier molecular flexibility index (Phi) is 6.14. The van der Waals surface area contributed by atoms with Crippen LogP contribution in [-0.2, 0) is 13.0 Å². The summed E-state index contributed by atoms with van der Waals surface area (Å²) in [7, 11) is 0. The smallest absolute Gasteiger partial charge is 0.276 e. The van der Waals surface area contributed by atoms with Gasteiger partial charge in [-0.15, -0.1) is 16.4 Å². The van der Waals surface area contributed by atoms with Crippen LogP contribution in [0.3, 0.4) is 0 Å². The summed E-state index contributed by atoms with van der Waals surface area (Å²) < 4.78 is 1.73. The Labute approximate surface area is 174 Å². The van der Waals surface area contributed by atoms with Crippen LogP contribution < -0.4 is 0 Å². The number of Topliss-reactive ketones (excluding diaryl/α,β-unsaturated/α-hetero) is 1. The first kappa shape index (κ1) is 19.5. The third kappa shape index (κ3) is 4.79. The third-order valence-electron chi connectivity index (χ3n) is 5.30. The van der Waals surface area contributed by atoms with Crippen molar-refractivity contribution in [3.05, 3.63) is 70.2 Å². The van der Waals surface area contributed by atoms with Crippen LogP contribution >= 0.6 is 11.3 Å². The number of thiophene rings is 1. The van der Waals surface area contributed by atoms with Crippen molar-refractivity contribution < 1.29 is 9.59 Å². The first-order valence-electron chi connectivity index (χ1n) is 10.0. The van der Waals surface area contributed by atoms with Crippen molar-refractivity contribution in [1.29, 1.82) is 0 Å². The highest BCUT2D eigenvalue weighted by Crippen LogP contribution is 2.24. The summed E-state index contributed by atoms with van der Waals surface area (Å²) in [5, 5.41) is 10.1. The van der Waals surface area contributed by atoms with Crippen LogP contribution in [-0.4, -0.2) is 44.7 Å². The Morgan fingerprint density at radius 3 is 2.79 bits per heavy atom. The van der Waals surface area contributed by atoms with Gasteiger partial charge in [0.15, 0.2) is 11.5 Å². The first-order valence-corrected chi connectivity index (χ1v) is 10.9. The van der Waals surface area contributed by atoms with Gasteiger partial charge >= 0.3 is 0 Å². The fraction of sp³-hybridized carbons (Fsp3) is 0.364.